The number of hydrogen-bond acceptors (Lipinski definition) is 3. The highest BCUT2D eigenvalue weighted by Gasteiger charge is 2.08. The van der Waals surface area contributed by atoms with Gasteiger partial charge in [0, 0.05) is 25.9 Å². The zero-order valence-electron chi connectivity index (χ0n) is 13.5. The number of alkyl halides is 1. The second-order valence-corrected chi connectivity index (χ2v) is 6.11. The highest BCUT2D eigenvalue weighted by Crippen LogP contribution is 2.22. The lowest BCUT2D eigenvalue weighted by Gasteiger charge is -2.14. The Morgan fingerprint density at radius 2 is 2.00 bits per heavy atom. The van der Waals surface area contributed by atoms with Crippen LogP contribution in [0.3, 0.4) is 0 Å². The van der Waals surface area contributed by atoms with Gasteiger partial charge in [-0.3, -0.25) is 0 Å². The van der Waals surface area contributed by atoms with Gasteiger partial charge in [-0.15, -0.1) is 0 Å². The lowest BCUT2D eigenvalue weighted by atomic mass is 10.1. The molecular formula is C17H24ClN3O. The lowest BCUT2D eigenvalue weighted by molar-refractivity contribution is 0.101. The molecule has 120 valence electrons. The van der Waals surface area contributed by atoms with Gasteiger partial charge in [0.05, 0.1) is 6.61 Å². The zero-order chi connectivity index (χ0) is 15.9. The summed E-state index contributed by atoms with van der Waals surface area (Å²) in [6, 6.07) is 8.23. The van der Waals surface area contributed by atoms with Gasteiger partial charge in [0.15, 0.2) is 5.56 Å². The first-order chi connectivity index (χ1) is 10.6. The molecule has 1 aromatic carbocycles. The molecule has 0 aliphatic heterocycles. The molecule has 0 radical (unpaired) electrons. The number of hydrogen-bond donors (Lipinski definition) is 0. The number of imidazole rings is 1. The summed E-state index contributed by atoms with van der Waals surface area (Å²) in [5.74, 6) is 1.05. The molecule has 1 aromatic heterocycles. The maximum atomic E-state index is 6.29. The number of aromatic nitrogens is 2. The molecule has 0 saturated carbocycles. The van der Waals surface area contributed by atoms with E-state index in [0.717, 1.165) is 30.8 Å². The Morgan fingerprint density at radius 3 is 2.59 bits per heavy atom. The number of aryl methyl sites for hydroxylation is 1. The van der Waals surface area contributed by atoms with Crippen LogP contribution in [0.1, 0.15) is 28.9 Å². The van der Waals surface area contributed by atoms with Crippen LogP contribution < -0.4 is 0 Å². The van der Waals surface area contributed by atoms with Crippen LogP contribution in [-0.2, 0) is 18.2 Å². The minimum absolute atomic E-state index is 0.385. The first kappa shape index (κ1) is 17.0. The number of rotatable bonds is 8. The second kappa shape index (κ2) is 8.32. The van der Waals surface area contributed by atoms with Crippen LogP contribution >= 0.6 is 11.6 Å². The first-order valence-corrected chi connectivity index (χ1v) is 7.95. The minimum Gasteiger partial charge on any atom is -0.358 e. The Hall–Kier alpha value is -1.36. The van der Waals surface area contributed by atoms with E-state index in [2.05, 4.69) is 36.1 Å². The average Bonchev–Trinajstić information content (AvgIpc) is 2.89. The SMILES string of the molecule is CN(C)CCCOC(Cl)c1ccc(Cc2nccn2C)cc1. The van der Waals surface area contributed by atoms with E-state index >= 15 is 0 Å². The van der Waals surface area contributed by atoms with Crippen LogP contribution in [0.2, 0.25) is 0 Å². The lowest BCUT2D eigenvalue weighted by Crippen LogP contribution is -2.15. The van der Waals surface area contributed by atoms with Crippen molar-refractivity contribution in [1.82, 2.24) is 14.5 Å². The fourth-order valence-corrected chi connectivity index (χ4v) is 2.43. The van der Waals surface area contributed by atoms with Gasteiger partial charge < -0.3 is 14.2 Å². The van der Waals surface area contributed by atoms with E-state index in [4.69, 9.17) is 16.3 Å². The Bertz CT molecular complexity index is 566. The van der Waals surface area contributed by atoms with Gasteiger partial charge in [0.1, 0.15) is 5.82 Å². The standard InChI is InChI=1S/C17H24ClN3O/c1-20(2)10-4-12-22-17(18)15-7-5-14(6-8-15)13-16-19-9-11-21(16)3/h5-9,11,17H,4,10,12-13H2,1-3H3. The third-order valence-electron chi connectivity index (χ3n) is 3.54. The summed E-state index contributed by atoms with van der Waals surface area (Å²) >= 11 is 6.29. The normalized spacial score (nSPS) is 12.8. The van der Waals surface area contributed by atoms with Gasteiger partial charge in [0.25, 0.3) is 0 Å². The van der Waals surface area contributed by atoms with E-state index < -0.39 is 0 Å². The fraction of sp³-hybridized carbons (Fsp3) is 0.471. The third kappa shape index (κ3) is 5.13. The van der Waals surface area contributed by atoms with Crippen LogP contribution in [0.25, 0.3) is 0 Å². The van der Waals surface area contributed by atoms with Gasteiger partial charge in [-0.1, -0.05) is 35.9 Å². The third-order valence-corrected chi connectivity index (χ3v) is 3.92. The molecule has 0 amide bonds. The number of nitrogens with zero attached hydrogens (tertiary/aromatic N) is 3. The molecule has 0 aliphatic carbocycles. The molecule has 2 rings (SSSR count). The largest absolute Gasteiger partial charge is 0.358 e. The van der Waals surface area contributed by atoms with E-state index in [0.29, 0.717) is 6.61 Å². The Kier molecular flexibility index (Phi) is 6.43. The fourth-order valence-electron chi connectivity index (χ4n) is 2.20. The van der Waals surface area contributed by atoms with Crippen molar-refractivity contribution < 1.29 is 4.74 Å². The number of halogens is 1. The smallest absolute Gasteiger partial charge is 0.156 e. The molecule has 1 unspecified atom stereocenters. The maximum Gasteiger partial charge on any atom is 0.156 e. The van der Waals surface area contributed by atoms with Gasteiger partial charge >= 0.3 is 0 Å². The van der Waals surface area contributed by atoms with Crippen molar-refractivity contribution in [1.29, 1.82) is 0 Å². The zero-order valence-corrected chi connectivity index (χ0v) is 14.3. The van der Waals surface area contributed by atoms with E-state index in [1.165, 1.54) is 5.56 Å². The quantitative estimate of drug-likeness (QED) is 0.552. The van der Waals surface area contributed by atoms with Crippen LogP contribution in [-0.4, -0.2) is 41.7 Å². The Labute approximate surface area is 137 Å². The molecule has 0 bridgehead atoms. The predicted molar refractivity (Wildman–Crippen MR) is 90.2 cm³/mol. The monoisotopic (exact) mass is 321 g/mol. The van der Waals surface area contributed by atoms with Crippen molar-refractivity contribution in [3.05, 3.63) is 53.6 Å². The Morgan fingerprint density at radius 1 is 1.27 bits per heavy atom. The second-order valence-electron chi connectivity index (χ2n) is 5.72. The maximum absolute atomic E-state index is 6.29. The van der Waals surface area contributed by atoms with Gasteiger partial charge in [-0.05, 0) is 38.2 Å². The van der Waals surface area contributed by atoms with E-state index in [9.17, 15) is 0 Å². The summed E-state index contributed by atoms with van der Waals surface area (Å²) in [6.07, 6.45) is 5.58. The van der Waals surface area contributed by atoms with Gasteiger partial charge in [-0.25, -0.2) is 4.98 Å². The molecule has 0 N–H and O–H groups in total. The van der Waals surface area contributed by atoms with Crippen LogP contribution in [0.15, 0.2) is 36.7 Å². The number of benzene rings is 1. The minimum atomic E-state index is -0.385. The van der Waals surface area contributed by atoms with Gasteiger partial charge in [-0.2, -0.15) is 0 Å². The van der Waals surface area contributed by atoms with E-state index in [-0.39, 0.29) is 5.56 Å². The highest BCUT2D eigenvalue weighted by atomic mass is 35.5. The molecule has 1 atom stereocenters. The summed E-state index contributed by atoms with van der Waals surface area (Å²) in [5.41, 5.74) is 1.83. The van der Waals surface area contributed by atoms with E-state index in [1.807, 2.05) is 36.1 Å². The molecule has 4 nitrogen and oxygen atoms in total. The Balaban J connectivity index is 1.84. The summed E-state index contributed by atoms with van der Waals surface area (Å²) in [7, 11) is 6.12. The van der Waals surface area contributed by atoms with E-state index in [1.54, 1.807) is 0 Å². The number of ether oxygens (including phenoxy) is 1. The topological polar surface area (TPSA) is 30.3 Å². The summed E-state index contributed by atoms with van der Waals surface area (Å²) in [4.78, 5) is 6.48. The highest BCUT2D eigenvalue weighted by molar-refractivity contribution is 6.19. The van der Waals surface area contributed by atoms with Gasteiger partial charge in [0.2, 0.25) is 0 Å². The van der Waals surface area contributed by atoms with Crippen LogP contribution in [0.4, 0.5) is 0 Å². The van der Waals surface area contributed by atoms with Crippen LogP contribution in [0, 0.1) is 0 Å². The van der Waals surface area contributed by atoms with Crippen LogP contribution in [0.5, 0.6) is 0 Å². The summed E-state index contributed by atoms with van der Waals surface area (Å²) in [6.45, 7) is 1.67. The molecule has 5 heteroatoms. The molecule has 0 spiro atoms. The van der Waals surface area contributed by atoms with Crippen molar-refractivity contribution in [2.75, 3.05) is 27.2 Å². The first-order valence-electron chi connectivity index (χ1n) is 7.51. The van der Waals surface area contributed by atoms with Crippen molar-refractivity contribution in [2.45, 2.75) is 18.4 Å². The van der Waals surface area contributed by atoms with Crippen molar-refractivity contribution >= 4 is 11.6 Å². The molecular weight excluding hydrogens is 298 g/mol. The molecule has 0 aliphatic rings. The summed E-state index contributed by atoms with van der Waals surface area (Å²) in [5, 5.41) is 0. The molecule has 1 heterocycles. The molecule has 0 fully saturated rings. The predicted octanol–water partition coefficient (Wildman–Crippen LogP) is 3.22. The van der Waals surface area contributed by atoms with Crippen molar-refractivity contribution in [3.8, 4) is 0 Å². The van der Waals surface area contributed by atoms with Crippen molar-refractivity contribution in [3.63, 3.8) is 0 Å². The average molecular weight is 322 g/mol. The molecule has 22 heavy (non-hydrogen) atoms. The molecule has 0 saturated heterocycles. The summed E-state index contributed by atoms with van der Waals surface area (Å²) < 4.78 is 7.70. The van der Waals surface area contributed by atoms with Crippen molar-refractivity contribution in [2.24, 2.45) is 7.05 Å². The molecule has 2 aromatic rings.